The predicted molar refractivity (Wildman–Crippen MR) is 134 cm³/mol. The van der Waals surface area contributed by atoms with Gasteiger partial charge in [-0.1, -0.05) is 12.1 Å². The van der Waals surface area contributed by atoms with Crippen molar-refractivity contribution in [2.24, 2.45) is 0 Å². The number of benzene rings is 2. The minimum Gasteiger partial charge on any atom is -0.346 e. The first-order chi connectivity index (χ1) is 17.1. The van der Waals surface area contributed by atoms with E-state index in [1.807, 2.05) is 22.9 Å². The van der Waals surface area contributed by atoms with Crippen molar-refractivity contribution >= 4 is 21.9 Å². The third kappa shape index (κ3) is 3.86. The van der Waals surface area contributed by atoms with Crippen LogP contribution in [0.5, 0.6) is 0 Å². The smallest absolute Gasteiger partial charge is 0.125 e. The highest BCUT2D eigenvalue weighted by atomic mass is 19.1. The van der Waals surface area contributed by atoms with Crippen molar-refractivity contribution in [2.75, 3.05) is 13.1 Å². The van der Waals surface area contributed by atoms with Crippen LogP contribution in [0.1, 0.15) is 41.1 Å². The molecule has 4 heterocycles. The number of H-pyrrole nitrogens is 1. The van der Waals surface area contributed by atoms with Crippen LogP contribution >= 0.6 is 0 Å². The van der Waals surface area contributed by atoms with Gasteiger partial charge in [0.2, 0.25) is 0 Å². The lowest BCUT2D eigenvalue weighted by molar-refractivity contribution is 0.205. The zero-order valence-corrected chi connectivity index (χ0v) is 19.5. The number of aromatic amines is 1. The fourth-order valence-corrected chi connectivity index (χ4v) is 5.40. The average Bonchev–Trinajstić information content (AvgIpc) is 3.49. The van der Waals surface area contributed by atoms with E-state index in [0.717, 1.165) is 60.1 Å². The number of nitriles is 1. The van der Waals surface area contributed by atoms with Gasteiger partial charge in [0, 0.05) is 29.3 Å². The van der Waals surface area contributed by atoms with Crippen LogP contribution in [0.3, 0.4) is 0 Å². The number of rotatable bonds is 4. The van der Waals surface area contributed by atoms with E-state index in [1.54, 1.807) is 18.5 Å². The zero-order valence-electron chi connectivity index (χ0n) is 19.5. The summed E-state index contributed by atoms with van der Waals surface area (Å²) in [6, 6.07) is 15.0. The maximum absolute atomic E-state index is 13.9. The van der Waals surface area contributed by atoms with Crippen molar-refractivity contribution in [1.29, 1.82) is 5.26 Å². The quantitative estimate of drug-likeness (QED) is 0.376. The molecule has 7 heteroatoms. The molecule has 0 aliphatic carbocycles. The second-order valence-electron chi connectivity index (χ2n) is 9.35. The molecule has 0 atom stereocenters. The molecule has 0 saturated carbocycles. The number of nitrogens with one attached hydrogen (secondary N) is 1. The van der Waals surface area contributed by atoms with E-state index < -0.39 is 0 Å². The summed E-state index contributed by atoms with van der Waals surface area (Å²) < 4.78 is 15.9. The Bertz CT molecular complexity index is 1580. The zero-order chi connectivity index (χ0) is 23.9. The normalized spacial score (nSPS) is 15.1. The Morgan fingerprint density at radius 1 is 1.17 bits per heavy atom. The van der Waals surface area contributed by atoms with Crippen LogP contribution in [0.2, 0.25) is 0 Å². The summed E-state index contributed by atoms with van der Waals surface area (Å²) in [6.45, 7) is 5.03. The summed E-state index contributed by atoms with van der Waals surface area (Å²) in [6.07, 6.45) is 7.59. The Morgan fingerprint density at radius 2 is 2.03 bits per heavy atom. The molecule has 1 aliphatic rings. The first kappa shape index (κ1) is 21.5. The number of hydrogen-bond acceptors (Lipinski definition) is 4. The number of piperidine rings is 1. The topological polar surface area (TPSA) is 73.5 Å². The molecule has 3 aromatic heterocycles. The van der Waals surface area contributed by atoms with E-state index in [2.05, 4.69) is 51.2 Å². The molecule has 1 fully saturated rings. The van der Waals surface area contributed by atoms with Crippen LogP contribution in [-0.4, -0.2) is 37.5 Å². The minimum atomic E-state index is -0.256. The molecule has 174 valence electrons. The van der Waals surface area contributed by atoms with Gasteiger partial charge in [0.1, 0.15) is 23.9 Å². The lowest BCUT2D eigenvalue weighted by atomic mass is 9.90. The van der Waals surface area contributed by atoms with Crippen LogP contribution in [0.15, 0.2) is 61.2 Å². The fraction of sp³-hybridized carbons (Fsp3) is 0.250. The molecule has 1 aliphatic heterocycles. The third-order valence-electron chi connectivity index (χ3n) is 7.31. The molecule has 0 bridgehead atoms. The van der Waals surface area contributed by atoms with Crippen molar-refractivity contribution in [3.63, 3.8) is 0 Å². The number of aromatic nitrogens is 4. The lowest BCUT2D eigenvalue weighted by Crippen LogP contribution is -2.32. The van der Waals surface area contributed by atoms with Gasteiger partial charge in [-0.05, 0) is 85.8 Å². The average molecular weight is 465 g/mol. The van der Waals surface area contributed by atoms with Gasteiger partial charge >= 0.3 is 0 Å². The minimum absolute atomic E-state index is 0.256. The third-order valence-corrected chi connectivity index (χ3v) is 7.31. The van der Waals surface area contributed by atoms with E-state index in [1.165, 1.54) is 22.8 Å². The van der Waals surface area contributed by atoms with Crippen molar-refractivity contribution < 1.29 is 4.39 Å². The van der Waals surface area contributed by atoms with E-state index in [9.17, 15) is 9.65 Å². The summed E-state index contributed by atoms with van der Waals surface area (Å²) in [5.41, 5.74) is 7.99. The highest BCUT2D eigenvalue weighted by Gasteiger charge is 2.25. The molecule has 5 aromatic rings. The van der Waals surface area contributed by atoms with Gasteiger partial charge in [-0.2, -0.15) is 5.26 Å². The largest absolute Gasteiger partial charge is 0.346 e. The van der Waals surface area contributed by atoms with Gasteiger partial charge in [-0.15, -0.1) is 0 Å². The maximum Gasteiger partial charge on any atom is 0.125 e. The number of fused-ring (bicyclic) bond motifs is 2. The van der Waals surface area contributed by atoms with Crippen LogP contribution in [0.4, 0.5) is 4.39 Å². The lowest BCUT2D eigenvalue weighted by Gasteiger charge is -2.32. The fourth-order valence-electron chi connectivity index (χ4n) is 5.40. The molecule has 0 unspecified atom stereocenters. The summed E-state index contributed by atoms with van der Waals surface area (Å²) in [4.78, 5) is 14.5. The second kappa shape index (κ2) is 8.64. The molecule has 1 N–H and O–H groups in total. The van der Waals surface area contributed by atoms with Gasteiger partial charge in [0.15, 0.2) is 0 Å². The molecule has 6 nitrogen and oxygen atoms in total. The molecule has 0 amide bonds. The molecule has 1 saturated heterocycles. The Kier molecular flexibility index (Phi) is 5.31. The van der Waals surface area contributed by atoms with Crippen LogP contribution < -0.4 is 0 Å². The van der Waals surface area contributed by atoms with E-state index in [4.69, 9.17) is 0 Å². The molecular formula is C28H25FN6. The van der Waals surface area contributed by atoms with Crippen molar-refractivity contribution in [3.05, 3.63) is 89.4 Å². The van der Waals surface area contributed by atoms with Gasteiger partial charge in [-0.25, -0.2) is 14.4 Å². The molecular weight excluding hydrogens is 439 g/mol. The number of hydrogen-bond donors (Lipinski definition) is 1. The molecule has 0 spiro atoms. The molecule has 35 heavy (non-hydrogen) atoms. The molecule has 6 rings (SSSR count). The van der Waals surface area contributed by atoms with Gasteiger partial charge in [-0.3, -0.25) is 4.90 Å². The van der Waals surface area contributed by atoms with Crippen molar-refractivity contribution in [3.8, 4) is 11.8 Å². The summed E-state index contributed by atoms with van der Waals surface area (Å²) in [5.74, 6) is 0.137. The number of halogens is 1. The SMILES string of the molecule is Cc1c(CN2CCC(c3cn(-c4cccc(F)c4)c4cncnc34)CC2)ccc2[nH]c(C#N)cc12. The number of aryl methyl sites for hydroxylation is 1. The Labute approximate surface area is 202 Å². The summed E-state index contributed by atoms with van der Waals surface area (Å²) in [7, 11) is 0. The van der Waals surface area contributed by atoms with E-state index in [-0.39, 0.29) is 5.82 Å². The Morgan fingerprint density at radius 3 is 2.83 bits per heavy atom. The Hall–Kier alpha value is -4.02. The van der Waals surface area contributed by atoms with E-state index >= 15 is 0 Å². The first-order valence-corrected chi connectivity index (χ1v) is 11.9. The monoisotopic (exact) mass is 464 g/mol. The van der Waals surface area contributed by atoms with Crippen LogP contribution in [0.25, 0.3) is 27.6 Å². The molecule has 0 radical (unpaired) electrons. The van der Waals surface area contributed by atoms with Gasteiger partial charge in [0.05, 0.1) is 17.2 Å². The van der Waals surface area contributed by atoms with Crippen LogP contribution in [-0.2, 0) is 6.54 Å². The first-order valence-electron chi connectivity index (χ1n) is 11.9. The van der Waals surface area contributed by atoms with Crippen LogP contribution in [0, 0.1) is 24.1 Å². The predicted octanol–water partition coefficient (Wildman–Crippen LogP) is 5.60. The number of nitrogens with zero attached hydrogens (tertiary/aromatic N) is 5. The van der Waals surface area contributed by atoms with Crippen molar-refractivity contribution in [2.45, 2.75) is 32.2 Å². The highest BCUT2D eigenvalue weighted by molar-refractivity contribution is 5.85. The van der Waals surface area contributed by atoms with E-state index in [0.29, 0.717) is 11.6 Å². The van der Waals surface area contributed by atoms with Gasteiger partial charge < -0.3 is 9.55 Å². The van der Waals surface area contributed by atoms with Gasteiger partial charge in [0.25, 0.3) is 0 Å². The Balaban J connectivity index is 1.22. The molecule has 2 aromatic carbocycles. The summed E-state index contributed by atoms with van der Waals surface area (Å²) in [5, 5.41) is 10.3. The number of likely N-dealkylation sites (tertiary alicyclic amines) is 1. The maximum atomic E-state index is 13.9. The standard InChI is InChI=1S/C28H25FN6/c1-18-20(5-6-26-24(18)12-22(13-30)33-26)15-34-9-7-19(8-10-34)25-16-35(23-4-2-3-21(29)11-23)27-14-31-17-32-28(25)27/h2-6,11-12,14,16-17,19,33H,7-10,15H2,1H3. The van der Waals surface area contributed by atoms with Crippen molar-refractivity contribution in [1.82, 2.24) is 24.4 Å². The summed E-state index contributed by atoms with van der Waals surface area (Å²) >= 11 is 0. The highest BCUT2D eigenvalue weighted by Crippen LogP contribution is 2.35. The second-order valence-corrected chi connectivity index (χ2v) is 9.35.